The summed E-state index contributed by atoms with van der Waals surface area (Å²) >= 11 is 0. The highest BCUT2D eigenvalue weighted by Crippen LogP contribution is 2.61. The molecule has 7 aliphatic rings. The Balaban J connectivity index is 1.10. The highest BCUT2D eigenvalue weighted by molar-refractivity contribution is 7.00. The standard InChI is InChI=1S/C97H114BN3/c1-57-45-70-74(93(17,18)43-39-89(70,9)10)54-80(57)100-82-50-65-64-49-72-73(92(15,16)42-41-91(72,13)14)51-68(64)97(25,26)69(65)52-78(82)98-79-53-76-77(96(23,24)67-30-28-27-29-66(67)95(76,21)22)56-83(79)101(81-55-75-71(46-58(81)2)90(11,12)40-44-94(75,19)20)85-48-63(47-84(100)86(85)98)99(61-35-31-59(32-36-61)87(3,4)5)62-37-33-60(34-38-62)88(6,7)8/h27-38,45-56H,39-44H2,1-26H3. The lowest BCUT2D eigenvalue weighted by molar-refractivity contribution is 0.331. The first kappa shape index (κ1) is 67.9. The van der Waals surface area contributed by atoms with Gasteiger partial charge in [-0.05, 0) is 279 Å². The molecule has 0 saturated heterocycles. The molecule has 0 saturated carbocycles. The third-order valence-corrected chi connectivity index (χ3v) is 27.6. The second-order valence-electron chi connectivity index (χ2n) is 40.4. The van der Waals surface area contributed by atoms with Crippen molar-refractivity contribution >= 4 is 74.3 Å². The molecule has 520 valence electrons. The quantitative estimate of drug-likeness (QED) is 0.159. The van der Waals surface area contributed by atoms with Gasteiger partial charge in [0.2, 0.25) is 0 Å². The van der Waals surface area contributed by atoms with Crippen LogP contribution in [0.25, 0.3) is 11.1 Å². The number of nitrogens with zero attached hydrogens (tertiary/aromatic N) is 3. The van der Waals surface area contributed by atoms with Gasteiger partial charge in [0.1, 0.15) is 0 Å². The van der Waals surface area contributed by atoms with Crippen LogP contribution in [0.5, 0.6) is 0 Å². The molecule has 0 atom stereocenters. The minimum atomic E-state index is -0.298. The Hall–Kier alpha value is -7.56. The third kappa shape index (κ3) is 9.90. The van der Waals surface area contributed by atoms with Gasteiger partial charge in [-0.3, -0.25) is 0 Å². The van der Waals surface area contributed by atoms with Gasteiger partial charge in [-0.1, -0.05) is 245 Å². The van der Waals surface area contributed by atoms with Crippen LogP contribution in [0.15, 0.2) is 146 Å². The van der Waals surface area contributed by atoms with E-state index in [0.717, 1.165) is 42.7 Å². The van der Waals surface area contributed by atoms with Crippen molar-refractivity contribution in [1.82, 2.24) is 0 Å². The third-order valence-electron chi connectivity index (χ3n) is 27.6. The fourth-order valence-electron chi connectivity index (χ4n) is 20.4. The van der Waals surface area contributed by atoms with Crippen LogP contribution < -0.4 is 31.1 Å². The molecule has 5 aliphatic carbocycles. The number of fused-ring (bicyclic) bond motifs is 12. The Morgan fingerprint density at radius 3 is 1.02 bits per heavy atom. The molecule has 101 heavy (non-hydrogen) atoms. The average Bonchev–Trinajstić information content (AvgIpc) is 1.60. The van der Waals surface area contributed by atoms with E-state index in [2.05, 4.69) is 340 Å². The lowest BCUT2D eigenvalue weighted by atomic mass is 9.32. The second-order valence-corrected chi connectivity index (χ2v) is 40.4. The maximum Gasteiger partial charge on any atom is 0.252 e. The molecule has 4 heteroatoms. The summed E-state index contributed by atoms with van der Waals surface area (Å²) in [6.07, 6.45) is 6.94. The summed E-state index contributed by atoms with van der Waals surface area (Å²) in [5.41, 5.74) is 40.0. The number of aryl methyl sites for hydroxylation is 2. The highest BCUT2D eigenvalue weighted by atomic mass is 15.2. The van der Waals surface area contributed by atoms with Crippen LogP contribution in [0.4, 0.5) is 51.2 Å². The number of hydrogen-bond acceptors (Lipinski definition) is 3. The zero-order valence-corrected chi connectivity index (χ0v) is 66.5. The van der Waals surface area contributed by atoms with Gasteiger partial charge in [-0.2, -0.15) is 0 Å². The Kier molecular flexibility index (Phi) is 14.3. The average molecular weight is 1330 g/mol. The lowest BCUT2D eigenvalue weighted by Gasteiger charge is -2.49. The van der Waals surface area contributed by atoms with Gasteiger partial charge < -0.3 is 14.7 Å². The molecular weight excluding hydrogens is 1220 g/mol. The molecule has 16 rings (SSSR count). The predicted molar refractivity (Wildman–Crippen MR) is 436 cm³/mol. The van der Waals surface area contributed by atoms with Gasteiger partial charge in [-0.25, -0.2) is 0 Å². The Labute approximate surface area is 609 Å². The van der Waals surface area contributed by atoms with Crippen LogP contribution in [-0.4, -0.2) is 6.71 Å². The van der Waals surface area contributed by atoms with Gasteiger partial charge in [0, 0.05) is 61.7 Å². The molecule has 0 amide bonds. The molecule has 3 nitrogen and oxygen atoms in total. The zero-order chi connectivity index (χ0) is 72.3. The molecule has 0 radical (unpaired) electrons. The van der Waals surface area contributed by atoms with Crippen molar-refractivity contribution in [2.45, 2.75) is 278 Å². The normalized spacial score (nSPS) is 20.2. The SMILES string of the molecule is Cc1cc2c(cc1N1c3cc4c(cc3B3c5cc6c(cc5N(c5cc7c(cc5C)C(C)(C)CCC7(C)C)c5cc(N(c7ccc(C(C)(C)C)cc7)c7ccc(C(C)(C)C)cc7)cc1c53)C(C)(C)c1ccccc1C6(C)C)C(C)(C)c1cc3c(cc1-4)C(C)(C)CCC3(C)C)C(C)(C)CCC2(C)C. The molecule has 2 aliphatic heterocycles. The van der Waals surface area contributed by atoms with Crippen LogP contribution >= 0.6 is 0 Å². The predicted octanol–water partition coefficient (Wildman–Crippen LogP) is 24.8. The first-order valence-electron chi connectivity index (χ1n) is 38.6. The van der Waals surface area contributed by atoms with Gasteiger partial charge >= 0.3 is 0 Å². The maximum absolute atomic E-state index is 2.83. The first-order chi connectivity index (χ1) is 46.9. The zero-order valence-electron chi connectivity index (χ0n) is 66.5. The van der Waals surface area contributed by atoms with E-state index in [0.29, 0.717) is 0 Å². The molecule has 0 bridgehead atoms. The van der Waals surface area contributed by atoms with E-state index in [1.807, 2.05) is 0 Å². The Morgan fingerprint density at radius 2 is 0.614 bits per heavy atom. The lowest BCUT2D eigenvalue weighted by Crippen LogP contribution is -2.62. The van der Waals surface area contributed by atoms with Gasteiger partial charge in [0.25, 0.3) is 6.71 Å². The summed E-state index contributed by atoms with van der Waals surface area (Å²) in [4.78, 5) is 8.26. The van der Waals surface area contributed by atoms with Crippen LogP contribution in [-0.2, 0) is 59.6 Å². The second kappa shape index (κ2) is 21.3. The van der Waals surface area contributed by atoms with Crippen molar-refractivity contribution in [2.75, 3.05) is 14.7 Å². The number of rotatable bonds is 5. The monoisotopic (exact) mass is 1330 g/mol. The van der Waals surface area contributed by atoms with Crippen molar-refractivity contribution < 1.29 is 0 Å². The van der Waals surface area contributed by atoms with E-state index in [-0.39, 0.29) is 66.3 Å². The van der Waals surface area contributed by atoms with Crippen molar-refractivity contribution in [3.63, 3.8) is 0 Å². The minimum absolute atomic E-state index is 0.0232. The van der Waals surface area contributed by atoms with Gasteiger partial charge in [0.05, 0.1) is 5.69 Å². The molecule has 0 spiro atoms. The smallest absolute Gasteiger partial charge is 0.252 e. The molecule has 9 aromatic carbocycles. The maximum atomic E-state index is 2.83. The number of benzene rings is 9. The van der Waals surface area contributed by atoms with Crippen LogP contribution in [0.2, 0.25) is 0 Å². The van der Waals surface area contributed by atoms with E-state index >= 15 is 0 Å². The highest BCUT2D eigenvalue weighted by Gasteiger charge is 2.52. The largest absolute Gasteiger partial charge is 0.311 e. The van der Waals surface area contributed by atoms with E-state index < -0.39 is 0 Å². The summed E-state index contributed by atoms with van der Waals surface area (Å²) in [6, 6.07) is 60.9. The van der Waals surface area contributed by atoms with Gasteiger partial charge in [-0.15, -0.1) is 0 Å². The summed E-state index contributed by atoms with van der Waals surface area (Å²) in [7, 11) is 0. The van der Waals surface area contributed by atoms with Crippen LogP contribution in [0, 0.1) is 13.8 Å². The Bertz CT molecular complexity index is 4960. The summed E-state index contributed by atoms with van der Waals surface area (Å²) in [5.74, 6) is 0. The van der Waals surface area contributed by atoms with Crippen molar-refractivity contribution in [1.29, 1.82) is 0 Å². The molecule has 0 fully saturated rings. The van der Waals surface area contributed by atoms with Crippen LogP contribution in [0.3, 0.4) is 0 Å². The molecular formula is C97H114BN3. The fourth-order valence-corrected chi connectivity index (χ4v) is 20.4. The summed E-state index contributed by atoms with van der Waals surface area (Å²) in [6.45, 7) is 64.0. The van der Waals surface area contributed by atoms with Crippen molar-refractivity contribution in [3.8, 4) is 11.1 Å². The van der Waals surface area contributed by atoms with E-state index in [1.165, 1.54) is 163 Å². The molecule has 0 N–H and O–H groups in total. The first-order valence-corrected chi connectivity index (χ1v) is 38.6. The number of anilines is 9. The van der Waals surface area contributed by atoms with Crippen LogP contribution in [0.1, 0.15) is 294 Å². The van der Waals surface area contributed by atoms with Gasteiger partial charge in [0.15, 0.2) is 0 Å². The molecule has 0 aromatic heterocycles. The Morgan fingerprint density at radius 1 is 0.297 bits per heavy atom. The summed E-state index contributed by atoms with van der Waals surface area (Å²) < 4.78 is 0. The van der Waals surface area contributed by atoms with E-state index in [1.54, 1.807) is 0 Å². The molecule has 0 unspecified atom stereocenters. The minimum Gasteiger partial charge on any atom is -0.311 e. The molecule has 2 heterocycles. The molecule has 9 aromatic rings. The topological polar surface area (TPSA) is 9.72 Å². The van der Waals surface area contributed by atoms with E-state index in [9.17, 15) is 0 Å². The fraction of sp³-hybridized carbons (Fsp3) is 0.443. The van der Waals surface area contributed by atoms with Crippen molar-refractivity contribution in [3.05, 3.63) is 235 Å². The van der Waals surface area contributed by atoms with E-state index in [4.69, 9.17) is 0 Å². The number of hydrogen-bond donors (Lipinski definition) is 0. The summed E-state index contributed by atoms with van der Waals surface area (Å²) in [5, 5.41) is 0. The van der Waals surface area contributed by atoms with Crippen molar-refractivity contribution in [2.24, 2.45) is 0 Å².